The first-order valence-corrected chi connectivity index (χ1v) is 14.8. The summed E-state index contributed by atoms with van der Waals surface area (Å²) in [5.74, 6) is -0.509. The van der Waals surface area contributed by atoms with Gasteiger partial charge in [0.05, 0.1) is 0 Å². The van der Waals surface area contributed by atoms with E-state index in [0.29, 0.717) is 13.1 Å². The predicted molar refractivity (Wildman–Crippen MR) is 161 cm³/mol. The van der Waals surface area contributed by atoms with Crippen molar-refractivity contribution in [2.75, 3.05) is 13.1 Å². The van der Waals surface area contributed by atoms with Crippen molar-refractivity contribution in [1.82, 2.24) is 15.5 Å². The lowest BCUT2D eigenvalue weighted by atomic mass is 9.99. The van der Waals surface area contributed by atoms with Crippen LogP contribution in [0.5, 0.6) is 0 Å². The van der Waals surface area contributed by atoms with Crippen LogP contribution in [0.2, 0.25) is 0 Å². The molecule has 0 aliphatic carbocycles. The largest absolute Gasteiger partial charge is 0.444 e. The lowest BCUT2D eigenvalue weighted by molar-refractivity contribution is -0.142. The van der Waals surface area contributed by atoms with Gasteiger partial charge in [0.25, 0.3) is 0 Å². The van der Waals surface area contributed by atoms with Crippen molar-refractivity contribution >= 4 is 17.9 Å². The van der Waals surface area contributed by atoms with Crippen molar-refractivity contribution in [3.8, 4) is 0 Å². The number of benzene rings is 2. The molecule has 3 amide bonds. The normalized spacial score (nSPS) is 12.7. The summed E-state index contributed by atoms with van der Waals surface area (Å²) in [4.78, 5) is 42.6. The Morgan fingerprint density at radius 2 is 1.43 bits per heavy atom. The molecule has 0 aliphatic rings. The van der Waals surface area contributed by atoms with Crippen molar-refractivity contribution in [3.63, 3.8) is 0 Å². The molecule has 2 unspecified atom stereocenters. The highest BCUT2D eigenvalue weighted by molar-refractivity contribution is 5.92. The minimum atomic E-state index is -0.900. The molecule has 7 nitrogen and oxygen atoms in total. The van der Waals surface area contributed by atoms with E-state index in [1.807, 2.05) is 60.7 Å². The molecule has 0 spiro atoms. The molecule has 2 atom stereocenters. The van der Waals surface area contributed by atoms with Gasteiger partial charge in [-0.05, 0) is 44.7 Å². The Balaban J connectivity index is 2.46. The molecule has 0 fully saturated rings. The van der Waals surface area contributed by atoms with Gasteiger partial charge >= 0.3 is 6.09 Å². The third-order valence-electron chi connectivity index (χ3n) is 6.56. The van der Waals surface area contributed by atoms with Crippen molar-refractivity contribution in [2.45, 2.75) is 104 Å². The molecular weight excluding hydrogens is 502 g/mol. The summed E-state index contributed by atoms with van der Waals surface area (Å²) >= 11 is 0. The summed E-state index contributed by atoms with van der Waals surface area (Å²) < 4.78 is 5.52. The maximum absolute atomic E-state index is 14.4. The zero-order valence-electron chi connectivity index (χ0n) is 25.1. The van der Waals surface area contributed by atoms with E-state index >= 15 is 0 Å². The van der Waals surface area contributed by atoms with Gasteiger partial charge in [-0.15, -0.1) is 0 Å². The van der Waals surface area contributed by atoms with E-state index < -0.39 is 23.8 Å². The highest BCUT2D eigenvalue weighted by atomic mass is 16.6. The van der Waals surface area contributed by atoms with Crippen LogP contribution < -0.4 is 10.6 Å². The maximum atomic E-state index is 14.4. The molecule has 40 heavy (non-hydrogen) atoms. The molecule has 0 saturated heterocycles. The summed E-state index contributed by atoms with van der Waals surface area (Å²) in [7, 11) is 0. The number of amides is 3. The SMILES string of the molecule is CCCCCCN(C(=O)C(Cc1ccccc1)NC(=O)OC(C)(C)C)C(C(=O)NCCCCC)c1ccccc1. The molecule has 0 aromatic heterocycles. The fraction of sp³-hybridized carbons (Fsp3) is 0.545. The number of rotatable bonds is 16. The van der Waals surface area contributed by atoms with Crippen LogP contribution in [0.1, 0.15) is 96.7 Å². The second-order valence-electron chi connectivity index (χ2n) is 11.3. The smallest absolute Gasteiger partial charge is 0.408 e. The van der Waals surface area contributed by atoms with Gasteiger partial charge in [0.15, 0.2) is 0 Å². The number of alkyl carbamates (subject to hydrolysis) is 1. The number of carbonyl (C=O) groups excluding carboxylic acids is 3. The van der Waals surface area contributed by atoms with E-state index in [9.17, 15) is 14.4 Å². The molecular formula is C33H49N3O4. The Morgan fingerprint density at radius 1 is 0.825 bits per heavy atom. The number of ether oxygens (including phenoxy) is 1. The fourth-order valence-electron chi connectivity index (χ4n) is 4.57. The highest BCUT2D eigenvalue weighted by Crippen LogP contribution is 2.24. The topological polar surface area (TPSA) is 87.7 Å². The summed E-state index contributed by atoms with van der Waals surface area (Å²) in [6.07, 6.45) is 6.39. The van der Waals surface area contributed by atoms with Crippen LogP contribution in [-0.2, 0) is 20.7 Å². The van der Waals surface area contributed by atoms with E-state index in [2.05, 4.69) is 24.5 Å². The van der Waals surface area contributed by atoms with E-state index in [0.717, 1.165) is 56.1 Å². The minimum Gasteiger partial charge on any atom is -0.444 e. The summed E-state index contributed by atoms with van der Waals surface area (Å²) in [5.41, 5.74) is 0.938. The monoisotopic (exact) mass is 551 g/mol. The van der Waals surface area contributed by atoms with Crippen LogP contribution in [0.4, 0.5) is 4.79 Å². The first kappa shape index (κ1) is 32.9. The third kappa shape index (κ3) is 11.8. The molecule has 0 aliphatic heterocycles. The number of unbranched alkanes of at least 4 members (excludes halogenated alkanes) is 5. The van der Waals surface area contributed by atoms with Crippen LogP contribution in [0, 0.1) is 0 Å². The number of nitrogens with one attached hydrogen (secondary N) is 2. The maximum Gasteiger partial charge on any atom is 0.408 e. The molecule has 0 bridgehead atoms. The number of hydrogen-bond donors (Lipinski definition) is 2. The Kier molecular flexibility index (Phi) is 14.3. The predicted octanol–water partition coefficient (Wildman–Crippen LogP) is 6.58. The zero-order chi connectivity index (χ0) is 29.4. The van der Waals surface area contributed by atoms with Gasteiger partial charge < -0.3 is 20.3 Å². The van der Waals surface area contributed by atoms with Crippen molar-refractivity contribution in [2.24, 2.45) is 0 Å². The Labute approximate surface area is 241 Å². The summed E-state index contributed by atoms with van der Waals surface area (Å²) in [6, 6.07) is 17.3. The molecule has 0 saturated carbocycles. The molecule has 7 heteroatoms. The van der Waals surface area contributed by atoms with Gasteiger partial charge in [-0.3, -0.25) is 9.59 Å². The van der Waals surface area contributed by atoms with Gasteiger partial charge in [0.1, 0.15) is 17.7 Å². The molecule has 0 heterocycles. The van der Waals surface area contributed by atoms with Gasteiger partial charge in [-0.1, -0.05) is 107 Å². The lowest BCUT2D eigenvalue weighted by Gasteiger charge is -2.34. The quantitative estimate of drug-likeness (QED) is 0.231. The standard InChI is InChI=1S/C33H49N3O4/c1-6-8-10-18-24-36(29(27-21-15-12-16-22-27)30(37)34-23-17-9-7-2)31(38)28(25-26-19-13-11-14-20-26)35-32(39)40-33(3,4)5/h11-16,19-22,28-29H,6-10,17-18,23-25H2,1-5H3,(H,34,37)(H,35,39). The average Bonchev–Trinajstić information content (AvgIpc) is 2.92. The fourth-order valence-corrected chi connectivity index (χ4v) is 4.57. The zero-order valence-corrected chi connectivity index (χ0v) is 25.1. The van der Waals surface area contributed by atoms with Crippen LogP contribution in [0.25, 0.3) is 0 Å². The Hall–Kier alpha value is -3.35. The van der Waals surface area contributed by atoms with Gasteiger partial charge in [0.2, 0.25) is 11.8 Å². The van der Waals surface area contributed by atoms with E-state index in [-0.39, 0.29) is 18.2 Å². The van der Waals surface area contributed by atoms with Crippen LogP contribution in [-0.4, -0.2) is 47.5 Å². The number of nitrogens with zero attached hydrogens (tertiary/aromatic N) is 1. The van der Waals surface area contributed by atoms with Crippen LogP contribution in [0.3, 0.4) is 0 Å². The van der Waals surface area contributed by atoms with Gasteiger partial charge in [0, 0.05) is 19.5 Å². The van der Waals surface area contributed by atoms with Crippen LogP contribution >= 0.6 is 0 Å². The second kappa shape index (κ2) is 17.4. The Bertz CT molecular complexity index is 1020. The highest BCUT2D eigenvalue weighted by Gasteiger charge is 2.36. The molecule has 2 aromatic carbocycles. The van der Waals surface area contributed by atoms with E-state index in [1.54, 1.807) is 25.7 Å². The molecule has 0 radical (unpaired) electrons. The summed E-state index contributed by atoms with van der Waals surface area (Å²) in [6.45, 7) is 10.6. The van der Waals surface area contributed by atoms with Crippen molar-refractivity contribution < 1.29 is 19.1 Å². The number of carbonyl (C=O) groups is 3. The first-order valence-electron chi connectivity index (χ1n) is 14.8. The van der Waals surface area contributed by atoms with E-state index in [4.69, 9.17) is 4.74 Å². The van der Waals surface area contributed by atoms with Crippen LogP contribution in [0.15, 0.2) is 60.7 Å². The lowest BCUT2D eigenvalue weighted by Crippen LogP contribution is -2.54. The minimum absolute atomic E-state index is 0.207. The second-order valence-corrected chi connectivity index (χ2v) is 11.3. The third-order valence-corrected chi connectivity index (χ3v) is 6.56. The molecule has 2 aromatic rings. The molecule has 2 N–H and O–H groups in total. The van der Waals surface area contributed by atoms with Gasteiger partial charge in [-0.25, -0.2) is 4.79 Å². The number of hydrogen-bond acceptors (Lipinski definition) is 4. The van der Waals surface area contributed by atoms with Crippen molar-refractivity contribution in [1.29, 1.82) is 0 Å². The molecule has 2 rings (SSSR count). The summed E-state index contributed by atoms with van der Waals surface area (Å²) in [5, 5.41) is 5.89. The van der Waals surface area contributed by atoms with Gasteiger partial charge in [-0.2, -0.15) is 0 Å². The molecule has 220 valence electrons. The van der Waals surface area contributed by atoms with E-state index in [1.165, 1.54) is 0 Å². The average molecular weight is 552 g/mol. The Morgan fingerprint density at radius 3 is 2.02 bits per heavy atom. The van der Waals surface area contributed by atoms with Crippen molar-refractivity contribution in [3.05, 3.63) is 71.8 Å². The first-order chi connectivity index (χ1) is 19.2.